The largest absolute Gasteiger partial charge is 0.481 e. The van der Waals surface area contributed by atoms with Crippen LogP contribution in [0.15, 0.2) is 59.5 Å². The maximum absolute atomic E-state index is 13.7. The number of nitrogens with zero attached hydrogens (tertiary/aromatic N) is 4. The molecule has 5 heterocycles. The summed E-state index contributed by atoms with van der Waals surface area (Å²) in [6.45, 7) is 2.03. The van der Waals surface area contributed by atoms with E-state index in [0.29, 0.717) is 33.3 Å². The van der Waals surface area contributed by atoms with Crippen molar-refractivity contribution in [3.8, 4) is 28.3 Å². The molecule has 3 aliphatic rings. The summed E-state index contributed by atoms with van der Waals surface area (Å²) in [7, 11) is 2.99. The summed E-state index contributed by atoms with van der Waals surface area (Å²) in [5.74, 6) is 0.507. The van der Waals surface area contributed by atoms with Crippen molar-refractivity contribution in [2.45, 2.75) is 50.2 Å². The fourth-order valence-electron chi connectivity index (χ4n) is 7.08. The van der Waals surface area contributed by atoms with Crippen LogP contribution in [0.2, 0.25) is 10.0 Å². The molecule has 8 rings (SSSR count). The Morgan fingerprint density at radius 3 is 2.40 bits per heavy atom. The van der Waals surface area contributed by atoms with Crippen LogP contribution in [0.3, 0.4) is 0 Å². The van der Waals surface area contributed by atoms with Crippen molar-refractivity contribution in [1.82, 2.24) is 30.4 Å². The van der Waals surface area contributed by atoms with Crippen LogP contribution in [0.1, 0.15) is 42.5 Å². The number of aryl methyl sites for hydroxylation is 2. The highest BCUT2D eigenvalue weighted by Gasteiger charge is 2.39. The molecule has 1 unspecified atom stereocenters. The third-order valence-electron chi connectivity index (χ3n) is 9.76. The normalized spacial score (nSPS) is 17.9. The van der Waals surface area contributed by atoms with E-state index in [1.54, 1.807) is 31.4 Å². The molecule has 10 nitrogen and oxygen atoms in total. The molecule has 5 aromatic rings. The highest BCUT2D eigenvalue weighted by Crippen LogP contribution is 2.43. The molecule has 1 atom stereocenters. The Kier molecular flexibility index (Phi) is 9.62. The molecule has 0 saturated carbocycles. The van der Waals surface area contributed by atoms with E-state index in [1.165, 1.54) is 18.8 Å². The summed E-state index contributed by atoms with van der Waals surface area (Å²) in [5.41, 5.74) is 3.33. The molecule has 2 fully saturated rings. The number of halogens is 5. The number of amides is 1. The van der Waals surface area contributed by atoms with Gasteiger partial charge in [-0.1, -0.05) is 53.5 Å². The number of hydrogen-bond acceptors (Lipinski definition) is 8. The highest BCUT2D eigenvalue weighted by atomic mass is 35.5. The third-order valence-corrected chi connectivity index (χ3v) is 10.6. The molecule has 2 aliphatic heterocycles. The number of methoxy groups -OCH3 is 1. The molecule has 2 aromatic carbocycles. The third kappa shape index (κ3) is 6.80. The Morgan fingerprint density at radius 2 is 1.71 bits per heavy atom. The molecular weight excluding hydrogens is 718 g/mol. The molecule has 1 aliphatic carbocycles. The minimum absolute atomic E-state index is 0.0109. The first-order chi connectivity index (χ1) is 24.9. The molecule has 15 heteroatoms. The Bertz CT molecular complexity index is 2270. The molecule has 3 aromatic heterocycles. The fraction of sp³-hybridized carbons (Fsp3) is 0.324. The summed E-state index contributed by atoms with van der Waals surface area (Å²) in [6.07, 6.45) is 2.16. The minimum atomic E-state index is -4.75. The Labute approximate surface area is 306 Å². The van der Waals surface area contributed by atoms with Crippen molar-refractivity contribution in [2.24, 2.45) is 7.05 Å². The first kappa shape index (κ1) is 35.7. The molecular formula is C37H34Cl2F3N7O3. The summed E-state index contributed by atoms with van der Waals surface area (Å²) >= 11 is 13.8. The van der Waals surface area contributed by atoms with Crippen molar-refractivity contribution < 1.29 is 22.7 Å². The average Bonchev–Trinajstić information content (AvgIpc) is 3.88. The van der Waals surface area contributed by atoms with Gasteiger partial charge in [0.2, 0.25) is 11.8 Å². The van der Waals surface area contributed by atoms with Crippen LogP contribution < -0.4 is 26.2 Å². The van der Waals surface area contributed by atoms with Crippen molar-refractivity contribution in [2.75, 3.05) is 25.5 Å². The van der Waals surface area contributed by atoms with E-state index in [1.807, 2.05) is 18.2 Å². The predicted molar refractivity (Wildman–Crippen MR) is 194 cm³/mol. The topological polar surface area (TPSA) is 123 Å². The maximum Gasteiger partial charge on any atom is 0.433 e. The number of carbonyl (C=O) groups excluding carboxylic acids is 1. The Morgan fingerprint density at radius 1 is 0.962 bits per heavy atom. The average molecular weight is 753 g/mol. The van der Waals surface area contributed by atoms with Crippen molar-refractivity contribution in [3.05, 3.63) is 91.9 Å². The van der Waals surface area contributed by atoms with Crippen LogP contribution in [0.25, 0.3) is 33.2 Å². The van der Waals surface area contributed by atoms with Crippen molar-refractivity contribution in [1.29, 1.82) is 0 Å². The number of carbonyl (C=O) groups is 1. The van der Waals surface area contributed by atoms with Gasteiger partial charge in [-0.3, -0.25) is 9.59 Å². The van der Waals surface area contributed by atoms with Gasteiger partial charge in [-0.15, -0.1) is 0 Å². The smallest absolute Gasteiger partial charge is 0.433 e. The molecule has 0 bridgehead atoms. The molecule has 2 saturated heterocycles. The molecule has 3 N–H and O–H groups in total. The second-order valence-electron chi connectivity index (χ2n) is 13.1. The van der Waals surface area contributed by atoms with Crippen LogP contribution in [0.5, 0.6) is 5.88 Å². The number of nitrogens with one attached hydrogen (secondary N) is 3. The fourth-order valence-corrected chi connectivity index (χ4v) is 7.68. The number of ether oxygens (including phenoxy) is 1. The molecule has 0 radical (unpaired) electrons. The molecule has 270 valence electrons. The zero-order valence-corrected chi connectivity index (χ0v) is 29.8. The maximum atomic E-state index is 13.7. The Balaban J connectivity index is 0.000000360. The molecule has 52 heavy (non-hydrogen) atoms. The predicted octanol–water partition coefficient (Wildman–Crippen LogP) is 7.25. The number of pyridine rings is 2. The van der Waals surface area contributed by atoms with Gasteiger partial charge in [0.25, 0.3) is 5.56 Å². The van der Waals surface area contributed by atoms with Gasteiger partial charge < -0.3 is 20.7 Å². The minimum Gasteiger partial charge on any atom is -0.481 e. The second kappa shape index (κ2) is 14.0. The zero-order chi connectivity index (χ0) is 36.8. The van der Waals surface area contributed by atoms with Crippen LogP contribution >= 0.6 is 23.2 Å². The number of fused-ring (bicyclic) bond motifs is 2. The first-order valence-corrected chi connectivity index (χ1v) is 17.5. The second-order valence-corrected chi connectivity index (χ2v) is 13.9. The van der Waals surface area contributed by atoms with E-state index in [2.05, 4.69) is 26.0 Å². The number of anilines is 2. The van der Waals surface area contributed by atoms with E-state index in [9.17, 15) is 22.8 Å². The van der Waals surface area contributed by atoms with E-state index < -0.39 is 17.4 Å². The van der Waals surface area contributed by atoms with Crippen LogP contribution in [-0.4, -0.2) is 51.4 Å². The first-order valence-electron chi connectivity index (χ1n) is 16.7. The number of benzene rings is 2. The Hall–Kier alpha value is -4.72. The lowest BCUT2D eigenvalue weighted by Gasteiger charge is -2.20. The standard InChI is InChI=1S/C30H22Cl2F3N5O2.C7H12N2O/c1-40-29(41)24-16(14-36-40)13-23(30(33,34)35)39-27(24)37-21-11-5-9-19(26(21)32)18-8-4-10-20(25(18)31)22-12-15-6-3-7-17(15)28(38-22)42-2;10-6-1-2-7(9-6)3-4-8-5-7/h4-5,8-14H,3,6-7H2,1-2H3,(H,37,39);8H,1-5H2,(H,9,10). The van der Waals surface area contributed by atoms with E-state index in [-0.39, 0.29) is 38.7 Å². The summed E-state index contributed by atoms with van der Waals surface area (Å²) in [5, 5.41) is 13.5. The van der Waals surface area contributed by atoms with E-state index >= 15 is 0 Å². The zero-order valence-electron chi connectivity index (χ0n) is 28.3. The number of alkyl halides is 3. The van der Waals surface area contributed by atoms with Crippen LogP contribution in [0, 0.1) is 0 Å². The van der Waals surface area contributed by atoms with Crippen LogP contribution in [-0.2, 0) is 30.9 Å². The lowest BCUT2D eigenvalue weighted by molar-refractivity contribution is -0.141. The van der Waals surface area contributed by atoms with Gasteiger partial charge in [-0.25, -0.2) is 14.6 Å². The monoisotopic (exact) mass is 751 g/mol. The lowest BCUT2D eigenvalue weighted by atomic mass is 9.97. The quantitative estimate of drug-likeness (QED) is 0.172. The van der Waals surface area contributed by atoms with Crippen LogP contribution in [0.4, 0.5) is 24.7 Å². The highest BCUT2D eigenvalue weighted by molar-refractivity contribution is 6.39. The number of hydrogen-bond donors (Lipinski definition) is 3. The number of aromatic nitrogens is 4. The van der Waals surface area contributed by atoms with Gasteiger partial charge in [0, 0.05) is 47.7 Å². The van der Waals surface area contributed by atoms with E-state index in [4.69, 9.17) is 32.9 Å². The SMILES string of the molecule is COc1nc(-c2cccc(-c3cccc(Nc4nc(C(F)(F)F)cc5cnn(C)c(=O)c45)c3Cl)c2Cl)cc2c1CCC2.O=C1CCC2(CCNC2)N1. The summed E-state index contributed by atoms with van der Waals surface area (Å²) in [6, 6.07) is 13.3. The molecule has 1 spiro atoms. The molecule has 1 amide bonds. The van der Waals surface area contributed by atoms with Gasteiger partial charge in [-0.2, -0.15) is 18.3 Å². The van der Waals surface area contributed by atoms with Crippen molar-refractivity contribution >= 4 is 51.4 Å². The number of rotatable bonds is 5. The van der Waals surface area contributed by atoms with E-state index in [0.717, 1.165) is 67.9 Å². The van der Waals surface area contributed by atoms with Gasteiger partial charge in [0.05, 0.1) is 45.7 Å². The van der Waals surface area contributed by atoms with Gasteiger partial charge in [0.15, 0.2) is 0 Å². The van der Waals surface area contributed by atoms with Gasteiger partial charge in [-0.05, 0) is 62.4 Å². The van der Waals surface area contributed by atoms with Gasteiger partial charge in [0.1, 0.15) is 11.5 Å². The lowest BCUT2D eigenvalue weighted by Crippen LogP contribution is -2.43. The van der Waals surface area contributed by atoms with Gasteiger partial charge >= 0.3 is 6.18 Å². The summed E-state index contributed by atoms with van der Waals surface area (Å²) in [4.78, 5) is 32.2. The summed E-state index contributed by atoms with van der Waals surface area (Å²) < 4.78 is 47.6. The van der Waals surface area contributed by atoms with Crippen molar-refractivity contribution in [3.63, 3.8) is 0 Å².